The Hall–Kier alpha value is -0.670. The van der Waals surface area contributed by atoms with Gasteiger partial charge in [-0.05, 0) is 38.7 Å². The van der Waals surface area contributed by atoms with Crippen molar-refractivity contribution >= 4 is 5.78 Å². The third-order valence-electron chi connectivity index (χ3n) is 2.06. The molecule has 0 N–H and O–H groups in total. The van der Waals surface area contributed by atoms with E-state index in [1.54, 1.807) is 13.0 Å². The zero-order chi connectivity index (χ0) is 10.2. The van der Waals surface area contributed by atoms with Crippen LogP contribution in [-0.2, 0) is 14.3 Å². The van der Waals surface area contributed by atoms with E-state index in [0.29, 0.717) is 0 Å². The predicted octanol–water partition coefficient (Wildman–Crippen LogP) is 2.06. The minimum Gasteiger partial charge on any atom is -0.353 e. The lowest BCUT2D eigenvalue weighted by Gasteiger charge is -2.22. The third kappa shape index (κ3) is 5.14. The fourth-order valence-electron chi connectivity index (χ4n) is 1.35. The van der Waals surface area contributed by atoms with E-state index in [0.717, 1.165) is 38.9 Å². The summed E-state index contributed by atoms with van der Waals surface area (Å²) in [7, 11) is 0. The highest BCUT2D eigenvalue weighted by atomic mass is 16.7. The van der Waals surface area contributed by atoms with E-state index in [9.17, 15) is 4.79 Å². The average Bonchev–Trinajstić information content (AvgIpc) is 2.18. The molecule has 0 saturated carbocycles. The maximum atomic E-state index is 10.6. The average molecular weight is 198 g/mol. The number of rotatable bonds is 5. The first-order chi connectivity index (χ1) is 6.79. The number of allylic oxidation sites excluding steroid dienone is 2. The van der Waals surface area contributed by atoms with Gasteiger partial charge in [0.2, 0.25) is 0 Å². The van der Waals surface area contributed by atoms with E-state index in [2.05, 4.69) is 0 Å². The van der Waals surface area contributed by atoms with E-state index >= 15 is 0 Å². The molecule has 0 radical (unpaired) electrons. The molecule has 1 heterocycles. The van der Waals surface area contributed by atoms with Crippen molar-refractivity contribution < 1.29 is 14.3 Å². The van der Waals surface area contributed by atoms with Gasteiger partial charge in [0, 0.05) is 0 Å². The van der Waals surface area contributed by atoms with Crippen LogP contribution in [0.3, 0.4) is 0 Å². The Labute approximate surface area is 85.1 Å². The number of ether oxygens (including phenoxy) is 2. The molecule has 0 amide bonds. The van der Waals surface area contributed by atoms with Gasteiger partial charge in [-0.2, -0.15) is 0 Å². The summed E-state index contributed by atoms with van der Waals surface area (Å²) in [6.07, 6.45) is 7.35. The van der Waals surface area contributed by atoms with Gasteiger partial charge >= 0.3 is 0 Å². The highest BCUT2D eigenvalue weighted by molar-refractivity contribution is 5.87. The summed E-state index contributed by atoms with van der Waals surface area (Å²) >= 11 is 0. The number of unbranched alkanes of at least 4 members (excludes halogenated alkanes) is 1. The second-order valence-electron chi connectivity index (χ2n) is 3.47. The molecule has 1 aliphatic heterocycles. The highest BCUT2D eigenvalue weighted by Crippen LogP contribution is 2.11. The van der Waals surface area contributed by atoms with Crippen LogP contribution in [0.2, 0.25) is 0 Å². The van der Waals surface area contributed by atoms with Crippen LogP contribution in [0.4, 0.5) is 0 Å². The number of hydrogen-bond acceptors (Lipinski definition) is 3. The quantitative estimate of drug-likeness (QED) is 0.501. The minimum absolute atomic E-state index is 0.0190. The first-order valence-electron chi connectivity index (χ1n) is 5.19. The Morgan fingerprint density at radius 1 is 1.43 bits per heavy atom. The lowest BCUT2D eigenvalue weighted by molar-refractivity contribution is -0.181. The molecule has 0 spiro atoms. The van der Waals surface area contributed by atoms with Crippen LogP contribution in [0.5, 0.6) is 0 Å². The van der Waals surface area contributed by atoms with Gasteiger partial charge in [-0.3, -0.25) is 4.79 Å². The molecule has 0 aromatic heterocycles. The smallest absolute Gasteiger partial charge is 0.157 e. The van der Waals surface area contributed by atoms with Crippen molar-refractivity contribution in [2.24, 2.45) is 0 Å². The van der Waals surface area contributed by atoms with Crippen molar-refractivity contribution in [2.75, 3.05) is 13.2 Å². The van der Waals surface area contributed by atoms with Crippen LogP contribution in [-0.4, -0.2) is 25.3 Å². The van der Waals surface area contributed by atoms with Crippen LogP contribution in [0.25, 0.3) is 0 Å². The Morgan fingerprint density at radius 2 is 2.14 bits per heavy atom. The standard InChI is InChI=1S/C11H18O3/c1-10(12)6-3-2-4-7-11-13-8-5-9-14-11/h3,6,11H,2,4-5,7-9H2,1H3/b6-3+. The first kappa shape index (κ1) is 11.4. The predicted molar refractivity (Wildman–Crippen MR) is 54.0 cm³/mol. The molecule has 1 fully saturated rings. The monoisotopic (exact) mass is 198 g/mol. The van der Waals surface area contributed by atoms with Gasteiger partial charge in [-0.1, -0.05) is 6.08 Å². The van der Waals surface area contributed by atoms with E-state index in [4.69, 9.17) is 9.47 Å². The Bertz CT molecular complexity index is 193. The molecule has 1 rings (SSSR count). The first-order valence-corrected chi connectivity index (χ1v) is 5.19. The summed E-state index contributed by atoms with van der Waals surface area (Å²) < 4.78 is 10.8. The third-order valence-corrected chi connectivity index (χ3v) is 2.06. The summed E-state index contributed by atoms with van der Waals surface area (Å²) in [4.78, 5) is 10.6. The number of carbonyl (C=O) groups is 1. The maximum Gasteiger partial charge on any atom is 0.157 e. The van der Waals surface area contributed by atoms with E-state index in [1.807, 2.05) is 6.08 Å². The van der Waals surface area contributed by atoms with Crippen LogP contribution < -0.4 is 0 Å². The molecule has 0 unspecified atom stereocenters. The molecular formula is C11H18O3. The second-order valence-corrected chi connectivity index (χ2v) is 3.47. The van der Waals surface area contributed by atoms with E-state index in [-0.39, 0.29) is 12.1 Å². The molecule has 0 aromatic carbocycles. The Kier molecular flexibility index (Phi) is 5.49. The Balaban J connectivity index is 2.00. The summed E-state index contributed by atoms with van der Waals surface area (Å²) in [5, 5.41) is 0. The van der Waals surface area contributed by atoms with E-state index in [1.165, 1.54) is 0 Å². The van der Waals surface area contributed by atoms with Gasteiger partial charge in [-0.25, -0.2) is 0 Å². The van der Waals surface area contributed by atoms with Gasteiger partial charge in [0.05, 0.1) is 13.2 Å². The summed E-state index contributed by atoms with van der Waals surface area (Å²) in [5.41, 5.74) is 0. The molecule has 80 valence electrons. The lowest BCUT2D eigenvalue weighted by Crippen LogP contribution is -2.24. The van der Waals surface area contributed by atoms with Crippen molar-refractivity contribution in [1.29, 1.82) is 0 Å². The van der Waals surface area contributed by atoms with Crippen LogP contribution in [0, 0.1) is 0 Å². The zero-order valence-corrected chi connectivity index (χ0v) is 8.70. The topological polar surface area (TPSA) is 35.5 Å². The molecule has 3 heteroatoms. The van der Waals surface area contributed by atoms with Gasteiger partial charge < -0.3 is 9.47 Å². The van der Waals surface area contributed by atoms with Crippen LogP contribution >= 0.6 is 0 Å². The largest absolute Gasteiger partial charge is 0.353 e. The minimum atomic E-state index is -0.0190. The molecule has 1 aliphatic rings. The molecule has 0 aromatic rings. The summed E-state index contributed by atoms with van der Waals surface area (Å²) in [6, 6.07) is 0. The fourth-order valence-corrected chi connectivity index (χ4v) is 1.35. The van der Waals surface area contributed by atoms with Crippen molar-refractivity contribution in [2.45, 2.75) is 38.9 Å². The summed E-state index contributed by atoms with van der Waals surface area (Å²) in [6.45, 7) is 3.19. The zero-order valence-electron chi connectivity index (χ0n) is 8.70. The van der Waals surface area contributed by atoms with Gasteiger partial charge in [-0.15, -0.1) is 0 Å². The lowest BCUT2D eigenvalue weighted by atomic mass is 10.2. The molecule has 0 atom stereocenters. The van der Waals surface area contributed by atoms with Crippen LogP contribution in [0.15, 0.2) is 12.2 Å². The Morgan fingerprint density at radius 3 is 2.79 bits per heavy atom. The van der Waals surface area contributed by atoms with Gasteiger partial charge in [0.1, 0.15) is 0 Å². The number of hydrogen-bond donors (Lipinski definition) is 0. The molecule has 0 aliphatic carbocycles. The summed E-state index contributed by atoms with van der Waals surface area (Å²) in [5.74, 6) is 0.107. The van der Waals surface area contributed by atoms with Crippen LogP contribution in [0.1, 0.15) is 32.6 Å². The van der Waals surface area contributed by atoms with Crippen molar-refractivity contribution in [3.05, 3.63) is 12.2 Å². The SMILES string of the molecule is CC(=O)/C=C/CCCC1OCCCO1. The van der Waals surface area contributed by atoms with Gasteiger partial charge in [0.15, 0.2) is 12.1 Å². The van der Waals surface area contributed by atoms with Gasteiger partial charge in [0.25, 0.3) is 0 Å². The number of carbonyl (C=O) groups excluding carboxylic acids is 1. The molecule has 3 nitrogen and oxygen atoms in total. The molecule has 1 saturated heterocycles. The molecular weight excluding hydrogens is 180 g/mol. The highest BCUT2D eigenvalue weighted by Gasteiger charge is 2.12. The van der Waals surface area contributed by atoms with Crippen molar-refractivity contribution in [1.82, 2.24) is 0 Å². The number of ketones is 1. The van der Waals surface area contributed by atoms with E-state index < -0.39 is 0 Å². The van der Waals surface area contributed by atoms with Crippen molar-refractivity contribution in [3.63, 3.8) is 0 Å². The maximum absolute atomic E-state index is 10.6. The molecule has 0 bridgehead atoms. The molecule has 14 heavy (non-hydrogen) atoms. The normalized spacial score (nSPS) is 18.9. The fraction of sp³-hybridized carbons (Fsp3) is 0.727. The second kappa shape index (κ2) is 6.74. The van der Waals surface area contributed by atoms with Crippen molar-refractivity contribution in [3.8, 4) is 0 Å².